The summed E-state index contributed by atoms with van der Waals surface area (Å²) in [6.07, 6.45) is 5.32. The van der Waals surface area contributed by atoms with Gasteiger partial charge in [-0.05, 0) is 19.4 Å². The zero-order valence-electron chi connectivity index (χ0n) is 11.2. The molecule has 1 fully saturated rings. The fraction of sp³-hybridized carbons (Fsp3) is 0.917. The van der Waals surface area contributed by atoms with E-state index in [1.165, 1.54) is 0 Å². The number of carbonyl (C=O) groups excluding carboxylic acids is 1. The number of carbonyl (C=O) groups is 1. The first-order chi connectivity index (χ1) is 8.92. The molecule has 2 N–H and O–H groups in total. The van der Waals surface area contributed by atoms with E-state index in [0.717, 1.165) is 32.1 Å². The van der Waals surface area contributed by atoms with Gasteiger partial charge >= 0.3 is 10.2 Å². The maximum absolute atomic E-state index is 12.6. The van der Waals surface area contributed by atoms with Crippen molar-refractivity contribution in [2.75, 3.05) is 25.4 Å². The third-order valence-electron chi connectivity index (χ3n) is 3.36. The Balaban J connectivity index is 2.19. The second-order valence-electron chi connectivity index (χ2n) is 5.17. The first-order valence-electron chi connectivity index (χ1n) is 6.82. The van der Waals surface area contributed by atoms with E-state index >= 15 is 0 Å². The Morgan fingerprint density at radius 2 is 1.84 bits per heavy atom. The molecular weight excluding hydrogens is 271 g/mol. The van der Waals surface area contributed by atoms with Crippen molar-refractivity contribution in [3.8, 4) is 0 Å². The molecule has 1 atom stereocenters. The number of hydrogen-bond donors (Lipinski definition) is 1. The largest absolute Gasteiger partial charge is 0.342 e. The summed E-state index contributed by atoms with van der Waals surface area (Å²) in [6, 6.07) is 0. The molecule has 1 rings (SSSR count). The molecule has 0 aromatic heterocycles. The molecule has 5 nitrogen and oxygen atoms in total. The third-order valence-corrected chi connectivity index (χ3v) is 4.23. The van der Waals surface area contributed by atoms with E-state index < -0.39 is 16.0 Å². The minimum absolute atomic E-state index is 0.0596. The van der Waals surface area contributed by atoms with Crippen molar-refractivity contribution >= 4 is 16.1 Å². The van der Waals surface area contributed by atoms with E-state index in [4.69, 9.17) is 5.73 Å². The number of likely N-dealkylation sites (tertiary alicyclic amines) is 1. The Morgan fingerprint density at radius 1 is 1.21 bits per heavy atom. The Morgan fingerprint density at radius 3 is 2.47 bits per heavy atom. The van der Waals surface area contributed by atoms with Crippen molar-refractivity contribution < 1.29 is 17.1 Å². The molecule has 7 heteroatoms. The standard InChI is InChI=1S/C12H23FN2O3S/c13-19(17,18)10-11-8-12(16)15(9-11)7-5-3-1-2-4-6-14/h11H,1-10,14H2. The molecule has 0 saturated carbocycles. The van der Waals surface area contributed by atoms with Crippen LogP contribution < -0.4 is 5.73 Å². The second-order valence-corrected chi connectivity index (χ2v) is 6.58. The summed E-state index contributed by atoms with van der Waals surface area (Å²) in [5, 5.41) is 0. The lowest BCUT2D eigenvalue weighted by molar-refractivity contribution is -0.127. The van der Waals surface area contributed by atoms with Crippen LogP contribution in [0, 0.1) is 5.92 Å². The van der Waals surface area contributed by atoms with E-state index in [1.54, 1.807) is 4.90 Å². The molecule has 0 aliphatic carbocycles. The summed E-state index contributed by atoms with van der Waals surface area (Å²) in [4.78, 5) is 13.3. The molecular formula is C12H23FN2O3S. The topological polar surface area (TPSA) is 80.5 Å². The quantitative estimate of drug-likeness (QED) is 0.509. The highest BCUT2D eigenvalue weighted by atomic mass is 32.3. The van der Waals surface area contributed by atoms with Crippen LogP contribution in [0.5, 0.6) is 0 Å². The van der Waals surface area contributed by atoms with Gasteiger partial charge in [-0.2, -0.15) is 8.42 Å². The Hall–Kier alpha value is -0.690. The maximum atomic E-state index is 12.6. The van der Waals surface area contributed by atoms with Crippen LogP contribution in [0.15, 0.2) is 0 Å². The summed E-state index contributed by atoms with van der Waals surface area (Å²) in [5.74, 6) is -0.985. The molecule has 1 aliphatic rings. The number of amides is 1. The summed E-state index contributed by atoms with van der Waals surface area (Å²) in [5.41, 5.74) is 5.39. The van der Waals surface area contributed by atoms with Gasteiger partial charge in [0.2, 0.25) is 5.91 Å². The molecule has 19 heavy (non-hydrogen) atoms. The maximum Gasteiger partial charge on any atom is 0.302 e. The second kappa shape index (κ2) is 7.79. The fourth-order valence-corrected chi connectivity index (χ4v) is 3.23. The summed E-state index contributed by atoms with van der Waals surface area (Å²) >= 11 is 0. The van der Waals surface area contributed by atoms with Crippen molar-refractivity contribution in [1.82, 2.24) is 4.90 Å². The first kappa shape index (κ1) is 16.4. The van der Waals surface area contributed by atoms with E-state index in [-0.39, 0.29) is 18.2 Å². The molecule has 0 spiro atoms. The van der Waals surface area contributed by atoms with Gasteiger partial charge in [0.25, 0.3) is 0 Å². The number of unbranched alkanes of at least 4 members (excludes halogenated alkanes) is 4. The van der Waals surface area contributed by atoms with Gasteiger partial charge in [0.15, 0.2) is 0 Å². The van der Waals surface area contributed by atoms with E-state index in [0.29, 0.717) is 19.6 Å². The fourth-order valence-electron chi connectivity index (χ4n) is 2.44. The average molecular weight is 294 g/mol. The van der Waals surface area contributed by atoms with Crippen molar-refractivity contribution in [2.24, 2.45) is 11.7 Å². The normalized spacial score (nSPS) is 20.2. The number of hydrogen-bond acceptors (Lipinski definition) is 4. The highest BCUT2D eigenvalue weighted by Gasteiger charge is 2.32. The van der Waals surface area contributed by atoms with Crippen LogP contribution in [0.2, 0.25) is 0 Å². The van der Waals surface area contributed by atoms with E-state index in [1.807, 2.05) is 0 Å². The van der Waals surface area contributed by atoms with E-state index in [2.05, 4.69) is 0 Å². The Kier molecular flexibility index (Phi) is 6.71. The highest BCUT2D eigenvalue weighted by Crippen LogP contribution is 2.20. The molecule has 1 heterocycles. The van der Waals surface area contributed by atoms with Gasteiger partial charge < -0.3 is 10.6 Å². The lowest BCUT2D eigenvalue weighted by Crippen LogP contribution is -2.27. The van der Waals surface area contributed by atoms with Crippen molar-refractivity contribution in [3.05, 3.63) is 0 Å². The van der Waals surface area contributed by atoms with Crippen LogP contribution in [0.4, 0.5) is 3.89 Å². The predicted octanol–water partition coefficient (Wildman–Crippen LogP) is 1.04. The van der Waals surface area contributed by atoms with Crippen molar-refractivity contribution in [2.45, 2.75) is 38.5 Å². The van der Waals surface area contributed by atoms with Gasteiger partial charge in [-0.25, -0.2) is 0 Å². The zero-order chi connectivity index (χ0) is 14.3. The minimum atomic E-state index is -4.48. The molecule has 1 saturated heterocycles. The molecule has 112 valence electrons. The van der Waals surface area contributed by atoms with Gasteiger partial charge in [0.05, 0.1) is 5.75 Å². The van der Waals surface area contributed by atoms with Gasteiger partial charge in [0, 0.05) is 25.4 Å². The van der Waals surface area contributed by atoms with Gasteiger partial charge in [0.1, 0.15) is 0 Å². The average Bonchev–Trinajstić information content (AvgIpc) is 2.61. The van der Waals surface area contributed by atoms with Crippen LogP contribution in [0.3, 0.4) is 0 Å². The van der Waals surface area contributed by atoms with Crippen LogP contribution in [-0.2, 0) is 15.0 Å². The van der Waals surface area contributed by atoms with Crippen molar-refractivity contribution in [3.63, 3.8) is 0 Å². The van der Waals surface area contributed by atoms with Crippen LogP contribution in [0.1, 0.15) is 38.5 Å². The van der Waals surface area contributed by atoms with Crippen molar-refractivity contribution in [1.29, 1.82) is 0 Å². The molecule has 0 aromatic rings. The summed E-state index contributed by atoms with van der Waals surface area (Å²) in [6.45, 7) is 1.72. The van der Waals surface area contributed by atoms with Gasteiger partial charge in [-0.1, -0.05) is 19.3 Å². The van der Waals surface area contributed by atoms with Crippen LogP contribution >= 0.6 is 0 Å². The molecule has 1 aliphatic heterocycles. The summed E-state index contributed by atoms with van der Waals surface area (Å²) < 4.78 is 33.7. The lowest BCUT2D eigenvalue weighted by atomic mass is 10.1. The number of nitrogens with zero attached hydrogens (tertiary/aromatic N) is 1. The van der Waals surface area contributed by atoms with E-state index in [9.17, 15) is 17.1 Å². The predicted molar refractivity (Wildman–Crippen MR) is 71.7 cm³/mol. The molecule has 1 unspecified atom stereocenters. The molecule has 0 radical (unpaired) electrons. The zero-order valence-corrected chi connectivity index (χ0v) is 12.0. The number of halogens is 1. The SMILES string of the molecule is NCCCCCCCN1CC(CS(=O)(=O)F)CC1=O. The first-order valence-corrected chi connectivity index (χ1v) is 8.38. The third kappa shape index (κ3) is 6.87. The molecule has 1 amide bonds. The van der Waals surface area contributed by atoms with Crippen LogP contribution in [-0.4, -0.2) is 44.6 Å². The van der Waals surface area contributed by atoms with Gasteiger partial charge in [-0.3, -0.25) is 4.79 Å². The Labute approximate surface area is 114 Å². The molecule has 0 aromatic carbocycles. The smallest absolute Gasteiger partial charge is 0.302 e. The lowest BCUT2D eigenvalue weighted by Gasteiger charge is -2.16. The van der Waals surface area contributed by atoms with Gasteiger partial charge in [-0.15, -0.1) is 3.89 Å². The monoisotopic (exact) mass is 294 g/mol. The summed E-state index contributed by atoms with van der Waals surface area (Å²) in [7, 11) is -4.48. The Bertz CT molecular complexity index is 386. The molecule has 0 bridgehead atoms. The van der Waals surface area contributed by atoms with Crippen LogP contribution in [0.25, 0.3) is 0 Å². The number of rotatable bonds is 9. The minimum Gasteiger partial charge on any atom is -0.342 e. The highest BCUT2D eigenvalue weighted by molar-refractivity contribution is 7.86. The number of nitrogens with two attached hydrogens (primary N) is 1.